The molecule has 7 nitrogen and oxygen atoms in total. The van der Waals surface area contributed by atoms with Gasteiger partial charge in [0, 0.05) is 26.1 Å². The van der Waals surface area contributed by atoms with Crippen LogP contribution in [0.1, 0.15) is 40.0 Å². The van der Waals surface area contributed by atoms with Gasteiger partial charge < -0.3 is 9.64 Å². The Morgan fingerprint density at radius 3 is 2.40 bits per heavy atom. The number of imide groups is 1. The Balaban J connectivity index is 1.59. The van der Waals surface area contributed by atoms with E-state index in [0.717, 1.165) is 11.3 Å². The van der Waals surface area contributed by atoms with Crippen molar-refractivity contribution in [2.75, 3.05) is 26.7 Å². The number of esters is 1. The molecule has 1 saturated heterocycles. The summed E-state index contributed by atoms with van der Waals surface area (Å²) in [4.78, 5) is 51.4. The molecule has 132 valence electrons. The predicted molar refractivity (Wildman–Crippen MR) is 87.7 cm³/mol. The van der Waals surface area contributed by atoms with Crippen molar-refractivity contribution in [2.45, 2.75) is 19.3 Å². The van der Waals surface area contributed by atoms with E-state index in [1.54, 1.807) is 29.2 Å². The zero-order chi connectivity index (χ0) is 18.0. The quantitative estimate of drug-likeness (QED) is 0.603. The first-order chi connectivity index (χ1) is 12.0. The molecule has 7 heteroatoms. The summed E-state index contributed by atoms with van der Waals surface area (Å²) in [6.07, 6.45) is 1.49. The van der Waals surface area contributed by atoms with Gasteiger partial charge in [-0.1, -0.05) is 12.1 Å². The van der Waals surface area contributed by atoms with Crippen LogP contribution >= 0.6 is 0 Å². The predicted octanol–water partition coefficient (Wildman–Crippen LogP) is 1.08. The van der Waals surface area contributed by atoms with E-state index in [0.29, 0.717) is 30.6 Å². The van der Waals surface area contributed by atoms with Gasteiger partial charge in [0.25, 0.3) is 11.8 Å². The number of benzene rings is 1. The Bertz CT molecular complexity index is 695. The lowest BCUT2D eigenvalue weighted by Gasteiger charge is -2.31. The van der Waals surface area contributed by atoms with E-state index in [-0.39, 0.29) is 42.6 Å². The number of nitrogens with zero attached hydrogens (tertiary/aromatic N) is 2. The SMILES string of the molecule is COC(=O)[C@@H]1CCCN(C(=O)CCN2C(=O)c3ccccc3C2=O)C1. The molecule has 0 radical (unpaired) electrons. The summed E-state index contributed by atoms with van der Waals surface area (Å²) in [7, 11) is 1.34. The highest BCUT2D eigenvalue weighted by molar-refractivity contribution is 6.21. The molecule has 1 aromatic carbocycles. The minimum absolute atomic E-state index is 0.0462. The van der Waals surface area contributed by atoms with Gasteiger partial charge in [-0.3, -0.25) is 24.1 Å². The number of methoxy groups -OCH3 is 1. The van der Waals surface area contributed by atoms with Gasteiger partial charge in [0.2, 0.25) is 5.91 Å². The smallest absolute Gasteiger partial charge is 0.310 e. The maximum Gasteiger partial charge on any atom is 0.310 e. The largest absolute Gasteiger partial charge is 0.469 e. The maximum atomic E-state index is 12.4. The standard InChI is InChI=1S/C18H20N2O5/c1-25-18(24)12-5-4-9-19(11-12)15(21)8-10-20-16(22)13-6-2-3-7-14(13)17(20)23/h2-3,6-7,12H,4-5,8-11H2,1H3/t12-/m1/s1. The number of carbonyl (C=O) groups excluding carboxylic acids is 4. The van der Waals surface area contributed by atoms with E-state index in [4.69, 9.17) is 4.74 Å². The van der Waals surface area contributed by atoms with Crippen LogP contribution in [0, 0.1) is 5.92 Å². The first-order valence-corrected chi connectivity index (χ1v) is 8.33. The molecule has 0 N–H and O–H groups in total. The van der Waals surface area contributed by atoms with Crippen molar-refractivity contribution in [3.8, 4) is 0 Å². The fourth-order valence-electron chi connectivity index (χ4n) is 3.37. The number of fused-ring (bicyclic) bond motifs is 1. The molecule has 0 unspecified atom stereocenters. The number of ether oxygens (including phenoxy) is 1. The molecule has 0 aromatic heterocycles. The average molecular weight is 344 g/mol. The van der Waals surface area contributed by atoms with E-state index in [1.807, 2.05) is 0 Å². The van der Waals surface area contributed by atoms with Gasteiger partial charge >= 0.3 is 5.97 Å². The summed E-state index contributed by atoms with van der Waals surface area (Å²) in [5.41, 5.74) is 0.757. The van der Waals surface area contributed by atoms with Crippen molar-refractivity contribution in [2.24, 2.45) is 5.92 Å². The lowest BCUT2D eigenvalue weighted by atomic mass is 9.98. The van der Waals surface area contributed by atoms with Crippen LogP contribution in [0.2, 0.25) is 0 Å². The van der Waals surface area contributed by atoms with E-state index >= 15 is 0 Å². The molecular weight excluding hydrogens is 324 g/mol. The highest BCUT2D eigenvalue weighted by atomic mass is 16.5. The van der Waals surface area contributed by atoms with Gasteiger partial charge in [-0.2, -0.15) is 0 Å². The molecule has 25 heavy (non-hydrogen) atoms. The summed E-state index contributed by atoms with van der Waals surface area (Å²) in [5, 5.41) is 0. The molecular formula is C18H20N2O5. The Hall–Kier alpha value is -2.70. The van der Waals surface area contributed by atoms with E-state index in [9.17, 15) is 19.2 Å². The second-order valence-corrected chi connectivity index (χ2v) is 6.26. The van der Waals surface area contributed by atoms with Crippen LogP contribution in [0.4, 0.5) is 0 Å². The van der Waals surface area contributed by atoms with Crippen LogP contribution in [0.3, 0.4) is 0 Å². The molecule has 1 aromatic rings. The topological polar surface area (TPSA) is 84.0 Å². The number of piperidine rings is 1. The molecule has 2 aliphatic heterocycles. The van der Waals surface area contributed by atoms with Crippen molar-refractivity contribution in [3.63, 3.8) is 0 Å². The maximum absolute atomic E-state index is 12.4. The fraction of sp³-hybridized carbons (Fsp3) is 0.444. The summed E-state index contributed by atoms with van der Waals surface area (Å²) in [6.45, 7) is 0.951. The first kappa shape index (κ1) is 17.1. The van der Waals surface area contributed by atoms with Crippen LogP contribution in [-0.4, -0.2) is 60.2 Å². The minimum Gasteiger partial charge on any atom is -0.469 e. The second-order valence-electron chi connectivity index (χ2n) is 6.26. The van der Waals surface area contributed by atoms with E-state index in [2.05, 4.69) is 0 Å². The minimum atomic E-state index is -0.362. The van der Waals surface area contributed by atoms with Crippen molar-refractivity contribution in [1.82, 2.24) is 9.80 Å². The van der Waals surface area contributed by atoms with E-state index in [1.165, 1.54) is 7.11 Å². The van der Waals surface area contributed by atoms with Gasteiger partial charge in [0.15, 0.2) is 0 Å². The number of rotatable bonds is 4. The normalized spacial score (nSPS) is 19.8. The van der Waals surface area contributed by atoms with Gasteiger partial charge in [-0.05, 0) is 25.0 Å². The first-order valence-electron chi connectivity index (χ1n) is 8.33. The average Bonchev–Trinajstić information content (AvgIpc) is 2.90. The van der Waals surface area contributed by atoms with Crippen LogP contribution in [0.15, 0.2) is 24.3 Å². The summed E-state index contributed by atoms with van der Waals surface area (Å²) < 4.78 is 4.75. The summed E-state index contributed by atoms with van der Waals surface area (Å²) in [5.74, 6) is -1.50. The molecule has 0 saturated carbocycles. The van der Waals surface area contributed by atoms with Crippen molar-refractivity contribution >= 4 is 23.7 Å². The van der Waals surface area contributed by atoms with Gasteiger partial charge in [-0.25, -0.2) is 0 Å². The molecule has 2 heterocycles. The highest BCUT2D eigenvalue weighted by Crippen LogP contribution is 2.23. The molecule has 3 amide bonds. The third kappa shape index (κ3) is 3.26. The summed E-state index contributed by atoms with van der Waals surface area (Å²) >= 11 is 0. The second kappa shape index (κ2) is 7.04. The van der Waals surface area contributed by atoms with Crippen LogP contribution in [-0.2, 0) is 14.3 Å². The Morgan fingerprint density at radius 2 is 1.80 bits per heavy atom. The zero-order valence-corrected chi connectivity index (χ0v) is 14.1. The monoisotopic (exact) mass is 344 g/mol. The number of likely N-dealkylation sites (tertiary alicyclic amines) is 1. The third-order valence-corrected chi connectivity index (χ3v) is 4.74. The Kier molecular flexibility index (Phi) is 4.83. The number of hydrogen-bond donors (Lipinski definition) is 0. The molecule has 0 bridgehead atoms. The molecule has 3 rings (SSSR count). The fourth-order valence-corrected chi connectivity index (χ4v) is 3.37. The molecule has 1 atom stereocenters. The lowest BCUT2D eigenvalue weighted by molar-refractivity contribution is -0.149. The number of amides is 3. The Morgan fingerprint density at radius 1 is 1.16 bits per heavy atom. The third-order valence-electron chi connectivity index (χ3n) is 4.74. The molecule has 2 aliphatic rings. The van der Waals surface area contributed by atoms with Crippen LogP contribution in [0.5, 0.6) is 0 Å². The van der Waals surface area contributed by atoms with Gasteiger partial charge in [0.1, 0.15) is 0 Å². The van der Waals surface area contributed by atoms with E-state index < -0.39 is 0 Å². The van der Waals surface area contributed by atoms with Crippen molar-refractivity contribution in [1.29, 1.82) is 0 Å². The van der Waals surface area contributed by atoms with Gasteiger partial charge in [-0.15, -0.1) is 0 Å². The van der Waals surface area contributed by atoms with Gasteiger partial charge in [0.05, 0.1) is 24.2 Å². The summed E-state index contributed by atoms with van der Waals surface area (Å²) in [6, 6.07) is 6.64. The molecule has 1 fully saturated rings. The lowest BCUT2D eigenvalue weighted by Crippen LogP contribution is -2.44. The zero-order valence-electron chi connectivity index (χ0n) is 14.1. The van der Waals surface area contributed by atoms with Crippen LogP contribution < -0.4 is 0 Å². The highest BCUT2D eigenvalue weighted by Gasteiger charge is 2.36. The Labute approximate surface area is 145 Å². The molecule has 0 aliphatic carbocycles. The number of hydrogen-bond acceptors (Lipinski definition) is 5. The van der Waals surface area contributed by atoms with Crippen molar-refractivity contribution in [3.05, 3.63) is 35.4 Å². The van der Waals surface area contributed by atoms with Crippen molar-refractivity contribution < 1.29 is 23.9 Å². The van der Waals surface area contributed by atoms with Crippen LogP contribution in [0.25, 0.3) is 0 Å². The number of carbonyl (C=O) groups is 4. The molecule has 0 spiro atoms.